The molecule has 0 saturated carbocycles. The number of rotatable bonds is 5. The fourth-order valence-corrected chi connectivity index (χ4v) is 1.99. The fourth-order valence-electron chi connectivity index (χ4n) is 1.99. The van der Waals surface area contributed by atoms with Crippen molar-refractivity contribution in [2.45, 2.75) is 34.1 Å². The highest BCUT2D eigenvalue weighted by atomic mass is 15.0. The maximum absolute atomic E-state index is 4.63. The van der Waals surface area contributed by atoms with E-state index in [9.17, 15) is 0 Å². The molecule has 5 nitrogen and oxygen atoms in total. The van der Waals surface area contributed by atoms with E-state index < -0.39 is 0 Å². The minimum atomic E-state index is 0.555. The molecule has 0 aliphatic carbocycles. The summed E-state index contributed by atoms with van der Waals surface area (Å²) >= 11 is 0. The Bertz CT molecular complexity index is 580. The average molecular weight is 271 g/mol. The van der Waals surface area contributed by atoms with Crippen molar-refractivity contribution >= 4 is 5.82 Å². The van der Waals surface area contributed by atoms with Crippen molar-refractivity contribution in [2.24, 2.45) is 5.92 Å². The van der Waals surface area contributed by atoms with E-state index in [1.54, 1.807) is 6.20 Å². The first kappa shape index (κ1) is 14.4. The molecule has 0 aliphatic rings. The van der Waals surface area contributed by atoms with Crippen LogP contribution in [0.3, 0.4) is 0 Å². The van der Waals surface area contributed by atoms with Gasteiger partial charge in [0.15, 0.2) is 5.82 Å². The molecule has 0 aromatic carbocycles. The number of nitrogens with one attached hydrogen (secondary N) is 1. The van der Waals surface area contributed by atoms with Gasteiger partial charge in [0.25, 0.3) is 0 Å². The first-order valence-corrected chi connectivity index (χ1v) is 7.00. The zero-order chi connectivity index (χ0) is 14.5. The van der Waals surface area contributed by atoms with Crippen LogP contribution in [0, 0.1) is 12.8 Å². The molecule has 2 aromatic rings. The van der Waals surface area contributed by atoms with Gasteiger partial charge in [-0.25, -0.2) is 19.9 Å². The van der Waals surface area contributed by atoms with Crippen molar-refractivity contribution in [3.8, 4) is 11.5 Å². The molecule has 0 unspecified atom stereocenters. The van der Waals surface area contributed by atoms with Gasteiger partial charge < -0.3 is 5.32 Å². The second-order valence-electron chi connectivity index (χ2n) is 5.19. The van der Waals surface area contributed by atoms with Crippen LogP contribution < -0.4 is 5.32 Å². The molecule has 2 heterocycles. The van der Waals surface area contributed by atoms with Gasteiger partial charge in [0.05, 0.1) is 0 Å². The lowest BCUT2D eigenvalue weighted by Crippen LogP contribution is -2.06. The summed E-state index contributed by atoms with van der Waals surface area (Å²) in [6.45, 7) is 9.12. The molecular formula is C15H21N5. The average Bonchev–Trinajstić information content (AvgIpc) is 2.38. The highest BCUT2D eigenvalue weighted by Crippen LogP contribution is 2.17. The minimum Gasteiger partial charge on any atom is -0.370 e. The van der Waals surface area contributed by atoms with Gasteiger partial charge in [-0.2, -0.15) is 0 Å². The molecule has 2 rings (SSSR count). The molecule has 106 valence electrons. The summed E-state index contributed by atoms with van der Waals surface area (Å²) in [5, 5.41) is 3.25. The Morgan fingerprint density at radius 2 is 2.00 bits per heavy atom. The third-order valence-corrected chi connectivity index (χ3v) is 2.76. The molecule has 0 fully saturated rings. The maximum atomic E-state index is 4.63. The standard InChI is InChI=1S/C15H21N5/c1-5-16-14-9-12(8-10(2)3)19-15(20-14)13-6-7-17-11(4)18-13/h6-7,9-10H,5,8H2,1-4H3,(H,16,19,20). The predicted octanol–water partition coefficient (Wildman–Crippen LogP) is 2.87. The van der Waals surface area contributed by atoms with E-state index in [0.717, 1.165) is 36.0 Å². The molecule has 0 amide bonds. The summed E-state index contributed by atoms with van der Waals surface area (Å²) < 4.78 is 0. The largest absolute Gasteiger partial charge is 0.370 e. The predicted molar refractivity (Wildman–Crippen MR) is 80.5 cm³/mol. The fraction of sp³-hybridized carbons (Fsp3) is 0.467. The molecule has 5 heteroatoms. The van der Waals surface area contributed by atoms with E-state index in [1.165, 1.54) is 0 Å². The molecule has 0 spiro atoms. The number of aryl methyl sites for hydroxylation is 1. The Labute approximate surface area is 119 Å². The van der Waals surface area contributed by atoms with Gasteiger partial charge >= 0.3 is 0 Å². The van der Waals surface area contributed by atoms with Crippen molar-refractivity contribution in [1.82, 2.24) is 19.9 Å². The van der Waals surface area contributed by atoms with Gasteiger partial charge in [-0.05, 0) is 32.3 Å². The Hall–Kier alpha value is -2.04. The second-order valence-corrected chi connectivity index (χ2v) is 5.19. The minimum absolute atomic E-state index is 0.555. The topological polar surface area (TPSA) is 63.6 Å². The Morgan fingerprint density at radius 3 is 2.65 bits per heavy atom. The molecule has 0 saturated heterocycles. The quantitative estimate of drug-likeness (QED) is 0.906. The van der Waals surface area contributed by atoms with Crippen LogP contribution in [-0.4, -0.2) is 26.5 Å². The van der Waals surface area contributed by atoms with E-state index in [1.807, 2.05) is 19.1 Å². The van der Waals surface area contributed by atoms with E-state index in [2.05, 4.69) is 46.0 Å². The Balaban J connectivity index is 2.43. The van der Waals surface area contributed by atoms with Crippen LogP contribution in [0.4, 0.5) is 5.82 Å². The molecular weight excluding hydrogens is 250 g/mol. The Morgan fingerprint density at radius 1 is 1.20 bits per heavy atom. The van der Waals surface area contributed by atoms with Crippen molar-refractivity contribution in [3.63, 3.8) is 0 Å². The lowest BCUT2D eigenvalue weighted by Gasteiger charge is -2.10. The van der Waals surface area contributed by atoms with Gasteiger partial charge in [-0.1, -0.05) is 13.8 Å². The molecule has 20 heavy (non-hydrogen) atoms. The first-order valence-electron chi connectivity index (χ1n) is 7.00. The summed E-state index contributed by atoms with van der Waals surface area (Å²) in [4.78, 5) is 17.7. The third kappa shape index (κ3) is 3.73. The van der Waals surface area contributed by atoms with Crippen LogP contribution >= 0.6 is 0 Å². The van der Waals surface area contributed by atoms with Crippen LogP contribution in [0.15, 0.2) is 18.3 Å². The van der Waals surface area contributed by atoms with E-state index in [-0.39, 0.29) is 0 Å². The van der Waals surface area contributed by atoms with Crippen molar-refractivity contribution < 1.29 is 0 Å². The van der Waals surface area contributed by atoms with Crippen molar-refractivity contribution in [2.75, 3.05) is 11.9 Å². The molecule has 0 aliphatic heterocycles. The second kappa shape index (κ2) is 6.41. The lowest BCUT2D eigenvalue weighted by molar-refractivity contribution is 0.634. The SMILES string of the molecule is CCNc1cc(CC(C)C)nc(-c2ccnc(C)n2)n1. The van der Waals surface area contributed by atoms with E-state index in [4.69, 9.17) is 0 Å². The molecule has 2 aromatic heterocycles. The highest BCUT2D eigenvalue weighted by Gasteiger charge is 2.09. The number of anilines is 1. The number of hydrogen-bond donors (Lipinski definition) is 1. The van der Waals surface area contributed by atoms with E-state index in [0.29, 0.717) is 11.7 Å². The third-order valence-electron chi connectivity index (χ3n) is 2.76. The molecule has 1 N–H and O–H groups in total. The highest BCUT2D eigenvalue weighted by molar-refractivity contribution is 5.52. The van der Waals surface area contributed by atoms with Gasteiger partial charge in [0.1, 0.15) is 17.3 Å². The summed E-state index contributed by atoms with van der Waals surface area (Å²) in [5.41, 5.74) is 1.81. The zero-order valence-electron chi connectivity index (χ0n) is 12.5. The Kier molecular flexibility index (Phi) is 4.61. The van der Waals surface area contributed by atoms with Crippen LogP contribution in [-0.2, 0) is 6.42 Å². The van der Waals surface area contributed by atoms with Gasteiger partial charge in [-0.15, -0.1) is 0 Å². The number of hydrogen-bond acceptors (Lipinski definition) is 5. The summed E-state index contributed by atoms with van der Waals surface area (Å²) in [5.74, 6) is 2.79. The van der Waals surface area contributed by atoms with Crippen LogP contribution in [0.2, 0.25) is 0 Å². The summed E-state index contributed by atoms with van der Waals surface area (Å²) in [6.07, 6.45) is 2.67. The molecule has 0 bridgehead atoms. The van der Waals surface area contributed by atoms with Crippen LogP contribution in [0.5, 0.6) is 0 Å². The summed E-state index contributed by atoms with van der Waals surface area (Å²) in [6, 6.07) is 3.86. The number of nitrogens with zero attached hydrogens (tertiary/aromatic N) is 4. The lowest BCUT2D eigenvalue weighted by atomic mass is 10.1. The van der Waals surface area contributed by atoms with Crippen LogP contribution in [0.1, 0.15) is 32.3 Å². The van der Waals surface area contributed by atoms with Gasteiger partial charge in [0, 0.05) is 24.5 Å². The molecule has 0 radical (unpaired) electrons. The maximum Gasteiger partial charge on any atom is 0.180 e. The van der Waals surface area contributed by atoms with Crippen molar-refractivity contribution in [1.29, 1.82) is 0 Å². The molecule has 0 atom stereocenters. The van der Waals surface area contributed by atoms with E-state index >= 15 is 0 Å². The smallest absolute Gasteiger partial charge is 0.180 e. The van der Waals surface area contributed by atoms with Gasteiger partial charge in [-0.3, -0.25) is 0 Å². The first-order chi connectivity index (χ1) is 9.58. The van der Waals surface area contributed by atoms with Gasteiger partial charge in [0.2, 0.25) is 0 Å². The normalized spacial score (nSPS) is 10.8. The van der Waals surface area contributed by atoms with Crippen molar-refractivity contribution in [3.05, 3.63) is 29.8 Å². The zero-order valence-corrected chi connectivity index (χ0v) is 12.5. The summed E-state index contributed by atoms with van der Waals surface area (Å²) in [7, 11) is 0. The number of aromatic nitrogens is 4. The monoisotopic (exact) mass is 271 g/mol. The van der Waals surface area contributed by atoms with Crippen LogP contribution in [0.25, 0.3) is 11.5 Å².